The summed E-state index contributed by atoms with van der Waals surface area (Å²) in [5.74, 6) is 1.38. The molecule has 0 radical (unpaired) electrons. The molecule has 0 spiro atoms. The molecule has 4 aromatic rings. The minimum atomic E-state index is -0.279. The minimum Gasteiger partial charge on any atom is -0.505 e. The molecule has 0 bridgehead atoms. The molecule has 0 unspecified atom stereocenters. The van der Waals surface area contributed by atoms with Crippen molar-refractivity contribution in [3.05, 3.63) is 88.3 Å². The first kappa shape index (κ1) is 24.3. The van der Waals surface area contributed by atoms with E-state index in [0.717, 1.165) is 33.8 Å². The summed E-state index contributed by atoms with van der Waals surface area (Å²) in [6.07, 6.45) is 7.80. The van der Waals surface area contributed by atoms with Crippen LogP contribution in [0.25, 0.3) is 16.0 Å². The first-order chi connectivity index (χ1) is 17.9. The number of aryl methyl sites for hydroxylation is 2. The fourth-order valence-corrected chi connectivity index (χ4v) is 4.96. The van der Waals surface area contributed by atoms with E-state index in [1.165, 1.54) is 6.20 Å². The van der Waals surface area contributed by atoms with Crippen LogP contribution in [0.1, 0.15) is 58.6 Å². The topological polar surface area (TPSA) is 93.3 Å². The Morgan fingerprint density at radius 2 is 1.97 bits per heavy atom. The van der Waals surface area contributed by atoms with Gasteiger partial charge in [-0.3, -0.25) is 14.9 Å². The number of hydrogen-bond acceptors (Lipinski definition) is 5. The Labute approximate surface area is 216 Å². The molecule has 1 aliphatic heterocycles. The third-order valence-electron chi connectivity index (χ3n) is 6.98. The number of amides is 1. The minimum absolute atomic E-state index is 0.0330. The molecule has 1 aromatic carbocycles. The lowest BCUT2D eigenvalue weighted by molar-refractivity contribution is 0.0669. The molecule has 0 saturated carbocycles. The molecule has 1 aliphatic rings. The third kappa shape index (κ3) is 4.47. The number of carbonyl (C=O) groups excluding carboxylic acids is 1. The summed E-state index contributed by atoms with van der Waals surface area (Å²) in [7, 11) is 0. The smallest absolute Gasteiger partial charge is 0.254 e. The summed E-state index contributed by atoms with van der Waals surface area (Å²) in [6, 6.07) is 5.68. The fraction of sp³-hybridized carbons (Fsp3) is 0.321. The number of rotatable bonds is 7. The number of ether oxygens (including phenoxy) is 1. The molecule has 1 amide bonds. The van der Waals surface area contributed by atoms with Gasteiger partial charge in [-0.25, -0.2) is 9.83 Å². The Bertz CT molecular complexity index is 1510. The third-order valence-corrected chi connectivity index (χ3v) is 6.98. The highest BCUT2D eigenvalue weighted by Gasteiger charge is 2.32. The second-order valence-corrected chi connectivity index (χ2v) is 9.23. The van der Waals surface area contributed by atoms with Crippen molar-refractivity contribution in [3.8, 4) is 16.9 Å². The van der Waals surface area contributed by atoms with Crippen molar-refractivity contribution in [3.63, 3.8) is 0 Å². The van der Waals surface area contributed by atoms with Gasteiger partial charge < -0.3 is 14.2 Å². The van der Waals surface area contributed by atoms with Gasteiger partial charge in [-0.15, -0.1) is 0 Å². The highest BCUT2D eigenvalue weighted by Crippen LogP contribution is 2.37. The van der Waals surface area contributed by atoms with Gasteiger partial charge in [0.05, 0.1) is 31.1 Å². The average Bonchev–Trinajstić information content (AvgIpc) is 3.51. The van der Waals surface area contributed by atoms with E-state index < -0.39 is 0 Å². The molecule has 1 atom stereocenters. The van der Waals surface area contributed by atoms with Gasteiger partial charge in [-0.05, 0) is 69.0 Å². The Morgan fingerprint density at radius 3 is 2.65 bits per heavy atom. The van der Waals surface area contributed by atoms with Crippen LogP contribution >= 0.6 is 0 Å². The molecule has 5 rings (SSSR count). The molecule has 3 aromatic heterocycles. The fourth-order valence-electron chi connectivity index (χ4n) is 4.96. The van der Waals surface area contributed by atoms with Gasteiger partial charge >= 0.3 is 0 Å². The summed E-state index contributed by atoms with van der Waals surface area (Å²) in [5.41, 5.74) is 6.84. The largest absolute Gasteiger partial charge is 0.505 e. The number of nitrogens with one attached hydrogen (secondary N) is 1. The van der Waals surface area contributed by atoms with E-state index in [-0.39, 0.29) is 11.9 Å². The average molecular weight is 496 g/mol. The number of carbonyl (C=O) groups is 1. The number of imidazole rings is 1. The highest BCUT2D eigenvalue weighted by atomic mass is 16.5. The number of aromatic amines is 1. The predicted molar refractivity (Wildman–Crippen MR) is 140 cm³/mol. The van der Waals surface area contributed by atoms with Crippen molar-refractivity contribution >= 4 is 11.6 Å². The number of benzene rings is 1. The lowest BCUT2D eigenvalue weighted by Crippen LogP contribution is -2.40. The van der Waals surface area contributed by atoms with Crippen LogP contribution in [0.3, 0.4) is 0 Å². The zero-order valence-electron chi connectivity index (χ0n) is 21.4. The van der Waals surface area contributed by atoms with Crippen molar-refractivity contribution < 1.29 is 9.53 Å². The Kier molecular flexibility index (Phi) is 6.49. The van der Waals surface area contributed by atoms with Crippen LogP contribution in [0.4, 0.5) is 5.69 Å². The van der Waals surface area contributed by atoms with Gasteiger partial charge in [0, 0.05) is 48.5 Å². The summed E-state index contributed by atoms with van der Waals surface area (Å²) in [6.45, 7) is 16.8. The number of hydrogen-bond donors (Lipinski definition) is 1. The lowest BCUT2D eigenvalue weighted by atomic mass is 9.87. The highest BCUT2D eigenvalue weighted by molar-refractivity contribution is 5.99. The molecule has 0 fully saturated rings. The zero-order chi connectivity index (χ0) is 26.1. The molecule has 0 saturated heterocycles. The molecule has 9 heteroatoms. The predicted octanol–water partition coefficient (Wildman–Crippen LogP) is 5.04. The van der Waals surface area contributed by atoms with Crippen LogP contribution in [0, 0.1) is 20.4 Å². The van der Waals surface area contributed by atoms with Crippen molar-refractivity contribution in [2.24, 2.45) is 0 Å². The molecule has 9 nitrogen and oxygen atoms in total. The van der Waals surface area contributed by atoms with E-state index in [2.05, 4.69) is 35.6 Å². The normalized spacial score (nSPS) is 13.8. The number of H-pyrrole nitrogens is 1. The Balaban J connectivity index is 1.54. The van der Waals surface area contributed by atoms with Crippen molar-refractivity contribution in [2.75, 3.05) is 13.2 Å². The molecule has 0 aliphatic carbocycles. The van der Waals surface area contributed by atoms with Crippen molar-refractivity contribution in [2.45, 2.75) is 46.7 Å². The van der Waals surface area contributed by atoms with E-state index in [9.17, 15) is 4.79 Å². The number of fused-ring (bicyclic) bond motifs is 1. The Hall–Kier alpha value is -4.45. The van der Waals surface area contributed by atoms with Crippen LogP contribution in [0.15, 0.2) is 43.0 Å². The second kappa shape index (κ2) is 9.90. The summed E-state index contributed by atoms with van der Waals surface area (Å²) >= 11 is 0. The maximum Gasteiger partial charge on any atom is 0.254 e. The summed E-state index contributed by atoms with van der Waals surface area (Å²) < 4.78 is 7.73. The molecular weight excluding hydrogens is 466 g/mol. The zero-order valence-corrected chi connectivity index (χ0v) is 21.4. The van der Waals surface area contributed by atoms with Gasteiger partial charge in [-0.2, -0.15) is 5.10 Å². The Morgan fingerprint density at radius 1 is 1.16 bits per heavy atom. The quantitative estimate of drug-likeness (QED) is 0.363. The first-order valence-electron chi connectivity index (χ1n) is 12.4. The van der Waals surface area contributed by atoms with Gasteiger partial charge in [0.25, 0.3) is 5.91 Å². The standard InChI is InChI=1S/C28H29N7O2/c1-6-37-27-13-25(31-15-26(27)29-5)18(3)35-9-7-21-22(24-14-32-33-17(24)2)11-20(12-23(21)28(35)36)16-34-10-8-30-19(34)4/h8,10-15,18H,6-7,9,16H2,1-4H3,(H,32,33)/t18-/m0/s1. The number of pyridine rings is 1. The monoisotopic (exact) mass is 495 g/mol. The van der Waals surface area contributed by atoms with Crippen LogP contribution in [-0.4, -0.2) is 48.7 Å². The van der Waals surface area contributed by atoms with E-state index in [4.69, 9.17) is 11.3 Å². The van der Waals surface area contributed by atoms with Gasteiger partial charge in [0.15, 0.2) is 0 Å². The lowest BCUT2D eigenvalue weighted by Gasteiger charge is -2.34. The van der Waals surface area contributed by atoms with Crippen molar-refractivity contribution in [1.82, 2.24) is 29.6 Å². The van der Waals surface area contributed by atoms with Gasteiger partial charge in [0.1, 0.15) is 11.6 Å². The second-order valence-electron chi connectivity index (χ2n) is 9.23. The molecule has 1 N–H and O–H groups in total. The number of nitrogens with zero attached hydrogens (tertiary/aromatic N) is 6. The SMILES string of the molecule is [C-]#[N+]c1cnc([C@H](C)N2CCc3c(cc(Cn4ccnc4C)cc3-c3cn[nH]c3C)C2=O)cc1OCC. The summed E-state index contributed by atoms with van der Waals surface area (Å²) in [5, 5.41) is 7.26. The molecule has 37 heavy (non-hydrogen) atoms. The van der Waals surface area contributed by atoms with Crippen LogP contribution in [-0.2, 0) is 13.0 Å². The first-order valence-corrected chi connectivity index (χ1v) is 12.4. The van der Waals surface area contributed by atoms with E-state index in [1.54, 1.807) is 12.3 Å². The maximum atomic E-state index is 14.0. The summed E-state index contributed by atoms with van der Waals surface area (Å²) in [4.78, 5) is 28.2. The molecular formula is C28H29N7O2. The maximum absolute atomic E-state index is 14.0. The van der Waals surface area contributed by atoms with Gasteiger partial charge in [-0.1, -0.05) is 0 Å². The van der Waals surface area contributed by atoms with Crippen LogP contribution in [0.2, 0.25) is 0 Å². The van der Waals surface area contributed by atoms with Gasteiger partial charge in [0.2, 0.25) is 5.69 Å². The van der Waals surface area contributed by atoms with E-state index in [1.807, 2.05) is 51.1 Å². The van der Waals surface area contributed by atoms with Crippen LogP contribution in [0.5, 0.6) is 5.75 Å². The van der Waals surface area contributed by atoms with E-state index >= 15 is 0 Å². The van der Waals surface area contributed by atoms with E-state index in [0.29, 0.717) is 48.8 Å². The molecule has 188 valence electrons. The van der Waals surface area contributed by atoms with Crippen LogP contribution < -0.4 is 4.74 Å². The number of aromatic nitrogens is 5. The molecule has 4 heterocycles. The van der Waals surface area contributed by atoms with Crippen molar-refractivity contribution in [1.29, 1.82) is 0 Å².